The molecule has 0 radical (unpaired) electrons. The van der Waals surface area contributed by atoms with Crippen LogP contribution in [0.3, 0.4) is 0 Å². The topological polar surface area (TPSA) is 57.5 Å². The zero-order valence-corrected chi connectivity index (χ0v) is 15.4. The van der Waals surface area contributed by atoms with Gasteiger partial charge < -0.3 is 9.47 Å². The molecule has 0 bridgehead atoms. The van der Waals surface area contributed by atoms with Crippen molar-refractivity contribution in [2.45, 2.75) is 32.4 Å². The van der Waals surface area contributed by atoms with Gasteiger partial charge in [-0.1, -0.05) is 19.6 Å². The van der Waals surface area contributed by atoms with E-state index in [1.807, 2.05) is 22.6 Å². The van der Waals surface area contributed by atoms with Crippen molar-refractivity contribution in [3.8, 4) is 0 Å². The number of hydrogen-bond donors (Lipinski definition) is 0. The predicted octanol–water partition coefficient (Wildman–Crippen LogP) is 2.55. The Morgan fingerprint density at radius 1 is 1.40 bits per heavy atom. The molecule has 0 N–H and O–H groups in total. The van der Waals surface area contributed by atoms with Gasteiger partial charge in [0.1, 0.15) is 6.73 Å². The molecule has 0 atom stereocenters. The molecule has 0 amide bonds. The number of methoxy groups -OCH3 is 1. The molecule has 1 aromatic rings. The average molecular weight is 409 g/mol. The molecule has 1 rings (SSSR count). The highest BCUT2D eigenvalue weighted by molar-refractivity contribution is 14.1. The van der Waals surface area contributed by atoms with E-state index >= 15 is 0 Å². The predicted molar refractivity (Wildman–Crippen MR) is 88.9 cm³/mol. The first-order chi connectivity index (χ1) is 9.24. The molecule has 0 unspecified atom stereocenters. The van der Waals surface area contributed by atoms with Gasteiger partial charge in [0.2, 0.25) is 0 Å². The van der Waals surface area contributed by atoms with Crippen LogP contribution in [0, 0.1) is 3.57 Å². The molecule has 0 aliphatic heterocycles. The fourth-order valence-electron chi connectivity index (χ4n) is 1.47. The van der Waals surface area contributed by atoms with E-state index in [1.54, 1.807) is 0 Å². The van der Waals surface area contributed by atoms with Crippen molar-refractivity contribution in [3.05, 3.63) is 31.8 Å². The second-order valence-electron chi connectivity index (χ2n) is 5.69. The molecule has 1 heterocycles. The van der Waals surface area contributed by atoms with Gasteiger partial charge in [-0.3, -0.25) is 9.36 Å². The Morgan fingerprint density at radius 3 is 2.60 bits per heavy atom. The third-order valence-electron chi connectivity index (χ3n) is 2.69. The molecule has 0 saturated heterocycles. The van der Waals surface area contributed by atoms with Gasteiger partial charge in [0.05, 0.1) is 16.2 Å². The Hall–Kier alpha value is -0.673. The summed E-state index contributed by atoms with van der Waals surface area (Å²) in [4.78, 5) is 23.5. The second kappa shape index (κ2) is 7.37. The summed E-state index contributed by atoms with van der Waals surface area (Å²) >= 11 is 1.91. The van der Waals surface area contributed by atoms with Gasteiger partial charge >= 0.3 is 5.97 Å². The maximum atomic E-state index is 12.0. The van der Waals surface area contributed by atoms with E-state index in [4.69, 9.17) is 4.74 Å². The first-order valence-electron chi connectivity index (χ1n) is 6.30. The van der Waals surface area contributed by atoms with E-state index in [-0.39, 0.29) is 12.3 Å². The minimum absolute atomic E-state index is 0.157. The Balaban J connectivity index is 2.77. The van der Waals surface area contributed by atoms with E-state index in [2.05, 4.69) is 24.4 Å². The number of hydrogen-bond acceptors (Lipinski definition) is 4. The molecular formula is C13H20INO4Si. The lowest BCUT2D eigenvalue weighted by molar-refractivity contribution is 0.0594. The van der Waals surface area contributed by atoms with Crippen molar-refractivity contribution >= 4 is 36.6 Å². The van der Waals surface area contributed by atoms with Gasteiger partial charge in [-0.05, 0) is 34.7 Å². The van der Waals surface area contributed by atoms with Crippen LogP contribution in [0.1, 0.15) is 10.4 Å². The summed E-state index contributed by atoms with van der Waals surface area (Å²) in [5.41, 5.74) is 0.191. The van der Waals surface area contributed by atoms with Crippen LogP contribution in [0.25, 0.3) is 0 Å². The first kappa shape index (κ1) is 17.4. The SMILES string of the molecule is COC(=O)c1cc(I)c(=O)n(COCC[Si](C)(C)C)c1. The third kappa shape index (κ3) is 5.37. The molecule has 0 spiro atoms. The second-order valence-corrected chi connectivity index (χ2v) is 12.5. The van der Waals surface area contributed by atoms with Crippen molar-refractivity contribution in [1.82, 2.24) is 4.57 Å². The summed E-state index contributed by atoms with van der Waals surface area (Å²) in [5.74, 6) is -0.459. The fraction of sp³-hybridized carbons (Fsp3) is 0.538. The van der Waals surface area contributed by atoms with Gasteiger partial charge in [-0.2, -0.15) is 0 Å². The van der Waals surface area contributed by atoms with E-state index in [0.717, 1.165) is 6.04 Å². The van der Waals surface area contributed by atoms with E-state index in [1.165, 1.54) is 23.9 Å². The lowest BCUT2D eigenvalue weighted by Gasteiger charge is -2.16. The van der Waals surface area contributed by atoms with Crippen LogP contribution in [-0.2, 0) is 16.2 Å². The molecule has 1 aromatic heterocycles. The van der Waals surface area contributed by atoms with Gasteiger partial charge in [0.25, 0.3) is 5.56 Å². The maximum Gasteiger partial charge on any atom is 0.339 e. The molecule has 0 aliphatic rings. The van der Waals surface area contributed by atoms with Crippen LogP contribution in [0.15, 0.2) is 17.1 Å². The summed E-state index contributed by atoms with van der Waals surface area (Å²) in [6.45, 7) is 7.58. The molecule has 7 heteroatoms. The van der Waals surface area contributed by atoms with Gasteiger partial charge in [-0.15, -0.1) is 0 Å². The highest BCUT2D eigenvalue weighted by Crippen LogP contribution is 2.08. The summed E-state index contributed by atoms with van der Waals surface area (Å²) in [7, 11) is 0.172. The molecule has 20 heavy (non-hydrogen) atoms. The monoisotopic (exact) mass is 409 g/mol. The highest BCUT2D eigenvalue weighted by Gasteiger charge is 2.13. The van der Waals surface area contributed by atoms with Crippen LogP contribution >= 0.6 is 22.6 Å². The number of nitrogens with zero attached hydrogens (tertiary/aromatic N) is 1. The summed E-state index contributed by atoms with van der Waals surface area (Å²) in [6, 6.07) is 2.56. The zero-order valence-electron chi connectivity index (χ0n) is 12.2. The summed E-state index contributed by atoms with van der Waals surface area (Å²) in [5, 5.41) is 0. The minimum atomic E-state index is -1.14. The third-order valence-corrected chi connectivity index (χ3v) is 5.17. The Labute approximate surface area is 133 Å². The molecule has 0 aliphatic carbocycles. The minimum Gasteiger partial charge on any atom is -0.465 e. The fourth-order valence-corrected chi connectivity index (χ4v) is 2.87. The number of carbonyl (C=O) groups is 1. The number of pyridine rings is 1. The van der Waals surface area contributed by atoms with Crippen LogP contribution in [0.2, 0.25) is 25.7 Å². The van der Waals surface area contributed by atoms with Crippen molar-refractivity contribution < 1.29 is 14.3 Å². The van der Waals surface area contributed by atoms with Crippen molar-refractivity contribution in [2.24, 2.45) is 0 Å². The number of carbonyl (C=O) groups excluding carboxylic acids is 1. The van der Waals surface area contributed by atoms with Crippen molar-refractivity contribution in [3.63, 3.8) is 0 Å². The van der Waals surface area contributed by atoms with Crippen molar-refractivity contribution in [1.29, 1.82) is 0 Å². The number of ether oxygens (including phenoxy) is 2. The van der Waals surface area contributed by atoms with Gasteiger partial charge in [-0.25, -0.2) is 4.79 Å². The number of rotatable bonds is 6. The number of esters is 1. The zero-order chi connectivity index (χ0) is 15.3. The first-order valence-corrected chi connectivity index (χ1v) is 11.1. The average Bonchev–Trinajstić information content (AvgIpc) is 2.36. The smallest absolute Gasteiger partial charge is 0.339 e. The molecule has 112 valence electrons. The molecule has 0 fully saturated rings. The largest absolute Gasteiger partial charge is 0.465 e. The molecule has 0 aromatic carbocycles. The van der Waals surface area contributed by atoms with E-state index in [9.17, 15) is 9.59 Å². The lowest BCUT2D eigenvalue weighted by Crippen LogP contribution is -2.26. The highest BCUT2D eigenvalue weighted by atomic mass is 127. The number of aromatic nitrogens is 1. The Bertz CT molecular complexity index is 536. The van der Waals surface area contributed by atoms with E-state index < -0.39 is 14.0 Å². The van der Waals surface area contributed by atoms with Gasteiger partial charge in [0.15, 0.2) is 0 Å². The molecule has 5 nitrogen and oxygen atoms in total. The van der Waals surface area contributed by atoms with Crippen molar-refractivity contribution in [2.75, 3.05) is 13.7 Å². The van der Waals surface area contributed by atoms with Crippen LogP contribution in [0.5, 0.6) is 0 Å². The van der Waals surface area contributed by atoms with Crippen LogP contribution < -0.4 is 5.56 Å². The Kier molecular flexibility index (Phi) is 6.40. The maximum absolute atomic E-state index is 12.0. The van der Waals surface area contributed by atoms with Gasteiger partial charge in [0, 0.05) is 20.9 Å². The van der Waals surface area contributed by atoms with E-state index in [0.29, 0.717) is 15.7 Å². The summed E-state index contributed by atoms with van der Waals surface area (Å²) < 4.78 is 12.1. The lowest BCUT2D eigenvalue weighted by atomic mass is 10.3. The van der Waals surface area contributed by atoms with Crippen LogP contribution in [-0.4, -0.2) is 32.3 Å². The Morgan fingerprint density at radius 2 is 2.05 bits per heavy atom. The standard InChI is InChI=1S/C13H20INO4Si/c1-18-13(17)10-7-11(14)12(16)15(8-10)9-19-5-6-20(2,3)4/h7-8H,5-6,9H2,1-4H3. The molecule has 0 saturated carbocycles. The summed E-state index contributed by atoms with van der Waals surface area (Å²) in [6.07, 6.45) is 1.48. The molecular weight excluding hydrogens is 389 g/mol. The quantitative estimate of drug-likeness (QED) is 0.314. The van der Waals surface area contributed by atoms with Crippen LogP contribution in [0.4, 0.5) is 0 Å². The number of halogens is 1. The normalized spacial score (nSPS) is 11.4.